The number of hydrogen-bond acceptors (Lipinski definition) is 8. The molecule has 144 valence electrons. The molecule has 3 rings (SSSR count). The van der Waals surface area contributed by atoms with Gasteiger partial charge >= 0.3 is 0 Å². The van der Waals surface area contributed by atoms with E-state index in [0.717, 1.165) is 0 Å². The summed E-state index contributed by atoms with van der Waals surface area (Å²) >= 11 is 1.20. The highest BCUT2D eigenvalue weighted by atomic mass is 32.2. The summed E-state index contributed by atoms with van der Waals surface area (Å²) in [6, 6.07) is 9.15. The molecular formula is C17H16N6O3S2. The van der Waals surface area contributed by atoms with E-state index in [0.29, 0.717) is 16.5 Å². The minimum absolute atomic E-state index is 0.00228. The van der Waals surface area contributed by atoms with E-state index in [-0.39, 0.29) is 22.5 Å². The molecule has 0 radical (unpaired) electrons. The van der Waals surface area contributed by atoms with Crippen molar-refractivity contribution in [2.24, 2.45) is 0 Å². The number of carbonyl (C=O) groups excluding carboxylic acids is 1. The number of rotatable bonds is 7. The van der Waals surface area contributed by atoms with Crippen LogP contribution in [0.2, 0.25) is 0 Å². The van der Waals surface area contributed by atoms with Gasteiger partial charge in [-0.2, -0.15) is 0 Å². The van der Waals surface area contributed by atoms with Gasteiger partial charge in [0.05, 0.1) is 10.6 Å². The van der Waals surface area contributed by atoms with Gasteiger partial charge in [0.15, 0.2) is 5.16 Å². The topological polar surface area (TPSA) is 127 Å². The van der Waals surface area contributed by atoms with E-state index in [9.17, 15) is 13.2 Å². The fourth-order valence-electron chi connectivity index (χ4n) is 2.08. The molecule has 0 fully saturated rings. The van der Waals surface area contributed by atoms with Crippen LogP contribution in [-0.2, 0) is 14.8 Å². The van der Waals surface area contributed by atoms with E-state index in [1.54, 1.807) is 31.5 Å². The van der Waals surface area contributed by atoms with Crippen LogP contribution < -0.4 is 10.0 Å². The fraction of sp³-hybridized carbons (Fsp3) is 0.118. The van der Waals surface area contributed by atoms with Gasteiger partial charge in [-0.25, -0.2) is 33.1 Å². The number of nitrogens with zero attached hydrogens (tertiary/aromatic N) is 4. The lowest BCUT2D eigenvalue weighted by Crippen LogP contribution is -2.16. The van der Waals surface area contributed by atoms with Crippen LogP contribution in [0.1, 0.15) is 5.69 Å². The van der Waals surface area contributed by atoms with Gasteiger partial charge < -0.3 is 5.32 Å². The van der Waals surface area contributed by atoms with Crippen molar-refractivity contribution in [2.45, 2.75) is 17.0 Å². The predicted octanol–water partition coefficient (Wildman–Crippen LogP) is 2.11. The first-order valence-electron chi connectivity index (χ1n) is 8.04. The first-order valence-corrected chi connectivity index (χ1v) is 10.5. The van der Waals surface area contributed by atoms with Crippen molar-refractivity contribution in [3.05, 3.63) is 60.7 Å². The Bertz CT molecular complexity index is 1060. The second-order valence-corrected chi connectivity index (χ2v) is 8.14. The minimum Gasteiger partial charge on any atom is -0.325 e. The molecule has 2 heterocycles. The van der Waals surface area contributed by atoms with Gasteiger partial charge in [0.1, 0.15) is 0 Å². The summed E-state index contributed by atoms with van der Waals surface area (Å²) in [5, 5.41) is 3.20. The maximum atomic E-state index is 12.4. The molecule has 2 aromatic heterocycles. The molecule has 3 aromatic rings. The monoisotopic (exact) mass is 416 g/mol. The van der Waals surface area contributed by atoms with Crippen LogP contribution in [0, 0.1) is 6.92 Å². The zero-order valence-corrected chi connectivity index (χ0v) is 16.4. The van der Waals surface area contributed by atoms with Gasteiger partial charge in [0, 0.05) is 30.0 Å². The number of hydrogen-bond donors (Lipinski definition) is 2. The molecule has 0 saturated carbocycles. The summed E-state index contributed by atoms with van der Waals surface area (Å²) in [7, 11) is -3.83. The van der Waals surface area contributed by atoms with Gasteiger partial charge in [-0.15, -0.1) is 0 Å². The first-order chi connectivity index (χ1) is 13.4. The number of amides is 1. The van der Waals surface area contributed by atoms with Gasteiger partial charge in [0.25, 0.3) is 10.0 Å². The van der Waals surface area contributed by atoms with E-state index >= 15 is 0 Å². The van der Waals surface area contributed by atoms with Crippen molar-refractivity contribution in [1.29, 1.82) is 0 Å². The summed E-state index contributed by atoms with van der Waals surface area (Å²) in [5.74, 6) is -0.118. The highest BCUT2D eigenvalue weighted by Crippen LogP contribution is 2.17. The van der Waals surface area contributed by atoms with Crippen LogP contribution in [0.15, 0.2) is 65.0 Å². The number of benzene rings is 1. The van der Waals surface area contributed by atoms with Crippen molar-refractivity contribution < 1.29 is 13.2 Å². The summed E-state index contributed by atoms with van der Waals surface area (Å²) in [5.41, 5.74) is 1.12. The van der Waals surface area contributed by atoms with Crippen LogP contribution >= 0.6 is 11.8 Å². The molecule has 0 aliphatic heterocycles. The van der Waals surface area contributed by atoms with Gasteiger partial charge in [-0.1, -0.05) is 11.8 Å². The van der Waals surface area contributed by atoms with Crippen LogP contribution in [0.5, 0.6) is 0 Å². The molecule has 0 saturated heterocycles. The fourth-order valence-corrected chi connectivity index (χ4v) is 3.64. The first kappa shape index (κ1) is 19.7. The third-order valence-corrected chi connectivity index (χ3v) is 5.56. The number of nitrogens with one attached hydrogen (secondary N) is 2. The smallest absolute Gasteiger partial charge is 0.264 e. The number of aromatic nitrogens is 4. The van der Waals surface area contributed by atoms with E-state index in [1.807, 2.05) is 0 Å². The standard InChI is InChI=1S/C17H16N6O3S2/c1-12-7-10-18-16(21-12)23-28(25,26)14-5-3-13(4-6-14)22-15(24)11-27-17-19-8-2-9-20-17/h2-10H,11H2,1H3,(H,22,24)(H,18,21,23). The number of aryl methyl sites for hydroxylation is 1. The number of anilines is 2. The van der Waals surface area contributed by atoms with Gasteiger partial charge in [0.2, 0.25) is 11.9 Å². The van der Waals surface area contributed by atoms with Crippen molar-refractivity contribution in [3.8, 4) is 0 Å². The van der Waals surface area contributed by atoms with Crippen LogP contribution in [0.4, 0.5) is 11.6 Å². The van der Waals surface area contributed by atoms with E-state index in [2.05, 4.69) is 30.0 Å². The lowest BCUT2D eigenvalue weighted by molar-refractivity contribution is -0.113. The Labute approximate surface area is 166 Å². The minimum atomic E-state index is -3.83. The number of carbonyl (C=O) groups is 1. The Morgan fingerprint density at radius 1 is 1.04 bits per heavy atom. The summed E-state index contributed by atoms with van der Waals surface area (Å²) in [6.07, 6.45) is 4.67. The Balaban J connectivity index is 1.60. The summed E-state index contributed by atoms with van der Waals surface area (Å²) in [6.45, 7) is 1.74. The average molecular weight is 416 g/mol. The third-order valence-electron chi connectivity index (χ3n) is 3.34. The predicted molar refractivity (Wildman–Crippen MR) is 105 cm³/mol. The molecule has 1 aromatic carbocycles. The lowest BCUT2D eigenvalue weighted by Gasteiger charge is -2.08. The van der Waals surface area contributed by atoms with Crippen molar-refractivity contribution in [1.82, 2.24) is 19.9 Å². The van der Waals surface area contributed by atoms with Crippen molar-refractivity contribution >= 4 is 39.3 Å². The average Bonchev–Trinajstić information content (AvgIpc) is 2.67. The molecule has 9 nitrogen and oxygen atoms in total. The maximum Gasteiger partial charge on any atom is 0.264 e. The van der Waals surface area contributed by atoms with Crippen LogP contribution in [0.25, 0.3) is 0 Å². The van der Waals surface area contributed by atoms with E-state index < -0.39 is 10.0 Å². The Morgan fingerprint density at radius 3 is 2.43 bits per heavy atom. The second kappa shape index (κ2) is 8.76. The zero-order chi connectivity index (χ0) is 20.0. The Morgan fingerprint density at radius 2 is 1.75 bits per heavy atom. The van der Waals surface area contributed by atoms with Crippen molar-refractivity contribution in [3.63, 3.8) is 0 Å². The molecule has 0 unspecified atom stereocenters. The van der Waals surface area contributed by atoms with E-state index in [1.165, 1.54) is 42.2 Å². The number of thioether (sulfide) groups is 1. The quantitative estimate of drug-likeness (QED) is 0.443. The molecular weight excluding hydrogens is 400 g/mol. The SMILES string of the molecule is Cc1ccnc(NS(=O)(=O)c2ccc(NC(=O)CSc3ncccn3)cc2)n1. The molecule has 0 spiro atoms. The largest absolute Gasteiger partial charge is 0.325 e. The molecule has 2 N–H and O–H groups in total. The van der Waals surface area contributed by atoms with Crippen LogP contribution in [0.3, 0.4) is 0 Å². The van der Waals surface area contributed by atoms with Gasteiger partial charge in [-0.3, -0.25) is 4.79 Å². The summed E-state index contributed by atoms with van der Waals surface area (Å²) < 4.78 is 27.1. The third kappa shape index (κ3) is 5.47. The molecule has 0 aliphatic rings. The molecule has 11 heteroatoms. The highest BCUT2D eigenvalue weighted by Gasteiger charge is 2.16. The normalized spacial score (nSPS) is 11.0. The highest BCUT2D eigenvalue weighted by molar-refractivity contribution is 7.99. The van der Waals surface area contributed by atoms with Crippen molar-refractivity contribution in [2.75, 3.05) is 15.8 Å². The maximum absolute atomic E-state index is 12.4. The van der Waals surface area contributed by atoms with Crippen LogP contribution in [-0.4, -0.2) is 40.0 Å². The number of sulfonamides is 1. The summed E-state index contributed by atoms with van der Waals surface area (Å²) in [4.78, 5) is 28.0. The second-order valence-electron chi connectivity index (χ2n) is 5.52. The molecule has 0 bridgehead atoms. The molecule has 0 aliphatic carbocycles. The van der Waals surface area contributed by atoms with E-state index in [4.69, 9.17) is 0 Å². The Hall–Kier alpha value is -3.05. The molecule has 28 heavy (non-hydrogen) atoms. The molecule has 0 atom stereocenters. The molecule has 1 amide bonds. The van der Waals surface area contributed by atoms with Gasteiger partial charge in [-0.05, 0) is 43.3 Å². The zero-order valence-electron chi connectivity index (χ0n) is 14.7. The Kier molecular flexibility index (Phi) is 6.16. The lowest BCUT2D eigenvalue weighted by atomic mass is 10.3.